The fraction of sp³-hybridized carbons (Fsp3) is 0.667. The summed E-state index contributed by atoms with van der Waals surface area (Å²) in [6, 6.07) is 4.28. The van der Waals surface area contributed by atoms with Crippen LogP contribution in [0.1, 0.15) is 75.6 Å². The number of carbonyl (C=O) groups is 2. The Labute approximate surface area is 197 Å². The summed E-state index contributed by atoms with van der Waals surface area (Å²) in [5.41, 5.74) is 0.0647. The Morgan fingerprint density at radius 1 is 1.06 bits per heavy atom. The highest BCUT2D eigenvalue weighted by atomic mass is 32.2. The molecule has 3 rings (SSSR count). The van der Waals surface area contributed by atoms with E-state index in [0.29, 0.717) is 19.0 Å². The van der Waals surface area contributed by atoms with Crippen LogP contribution in [-0.2, 0) is 19.6 Å². The second kappa shape index (κ2) is 11.3. The molecule has 1 heterocycles. The van der Waals surface area contributed by atoms with E-state index in [-0.39, 0.29) is 28.2 Å². The zero-order valence-corrected chi connectivity index (χ0v) is 20.7. The SMILES string of the molecule is COc1ccc(C(=O)OC(C)C(=O)NC2CCCCC2C)cc1S(=O)(=O)N1CCCCCC1. The summed E-state index contributed by atoms with van der Waals surface area (Å²) in [5, 5.41) is 2.99. The second-order valence-corrected chi connectivity index (χ2v) is 11.0. The maximum atomic E-state index is 13.3. The first-order valence-corrected chi connectivity index (χ1v) is 13.4. The van der Waals surface area contributed by atoms with Gasteiger partial charge in [-0.15, -0.1) is 0 Å². The van der Waals surface area contributed by atoms with Crippen LogP contribution < -0.4 is 10.1 Å². The van der Waals surface area contributed by atoms with E-state index in [1.807, 2.05) is 0 Å². The first kappa shape index (κ1) is 25.5. The minimum absolute atomic E-state index is 0.0607. The fourth-order valence-electron chi connectivity index (χ4n) is 4.54. The summed E-state index contributed by atoms with van der Waals surface area (Å²) < 4.78 is 38.7. The van der Waals surface area contributed by atoms with Crippen LogP contribution in [0.25, 0.3) is 0 Å². The molecule has 0 radical (unpaired) electrons. The molecule has 1 aromatic rings. The average molecular weight is 481 g/mol. The van der Waals surface area contributed by atoms with Crippen molar-refractivity contribution in [2.75, 3.05) is 20.2 Å². The number of carbonyl (C=O) groups excluding carboxylic acids is 2. The Morgan fingerprint density at radius 2 is 1.73 bits per heavy atom. The molecule has 1 aliphatic heterocycles. The maximum absolute atomic E-state index is 13.3. The number of nitrogens with one attached hydrogen (secondary N) is 1. The molecule has 33 heavy (non-hydrogen) atoms. The summed E-state index contributed by atoms with van der Waals surface area (Å²) in [6.45, 7) is 4.53. The average Bonchev–Trinajstić information content (AvgIpc) is 3.10. The molecule has 1 saturated heterocycles. The molecule has 8 nitrogen and oxygen atoms in total. The smallest absolute Gasteiger partial charge is 0.338 e. The molecule has 184 valence electrons. The van der Waals surface area contributed by atoms with Gasteiger partial charge in [-0.1, -0.05) is 32.6 Å². The largest absolute Gasteiger partial charge is 0.495 e. The number of sulfonamides is 1. The molecule has 1 N–H and O–H groups in total. The van der Waals surface area contributed by atoms with Crippen LogP contribution in [0.15, 0.2) is 23.1 Å². The molecular weight excluding hydrogens is 444 g/mol. The van der Waals surface area contributed by atoms with Crippen LogP contribution in [0, 0.1) is 5.92 Å². The standard InChI is InChI=1S/C24H36N2O6S/c1-17-10-6-7-11-20(17)25-23(27)18(2)32-24(28)19-12-13-21(31-3)22(16-19)33(29,30)26-14-8-4-5-9-15-26/h12-13,16-18,20H,4-11,14-15H2,1-3H3,(H,25,27). The van der Waals surface area contributed by atoms with Crippen molar-refractivity contribution in [2.45, 2.75) is 82.3 Å². The predicted molar refractivity (Wildman–Crippen MR) is 125 cm³/mol. The van der Waals surface area contributed by atoms with Gasteiger partial charge in [0.25, 0.3) is 5.91 Å². The lowest BCUT2D eigenvalue weighted by molar-refractivity contribution is -0.130. The van der Waals surface area contributed by atoms with Gasteiger partial charge in [0.15, 0.2) is 6.10 Å². The fourth-order valence-corrected chi connectivity index (χ4v) is 6.24. The molecule has 9 heteroatoms. The van der Waals surface area contributed by atoms with Crippen molar-refractivity contribution in [1.82, 2.24) is 9.62 Å². The van der Waals surface area contributed by atoms with E-state index in [1.165, 1.54) is 36.5 Å². The van der Waals surface area contributed by atoms with Gasteiger partial charge in [-0.05, 0) is 56.7 Å². The van der Waals surface area contributed by atoms with Gasteiger partial charge in [0.1, 0.15) is 10.6 Å². The maximum Gasteiger partial charge on any atom is 0.338 e. The summed E-state index contributed by atoms with van der Waals surface area (Å²) in [7, 11) is -2.44. The second-order valence-electron chi connectivity index (χ2n) is 9.11. The summed E-state index contributed by atoms with van der Waals surface area (Å²) in [4.78, 5) is 25.3. The van der Waals surface area contributed by atoms with Crippen LogP contribution in [-0.4, -0.2) is 56.9 Å². The van der Waals surface area contributed by atoms with Crippen LogP contribution in [0.3, 0.4) is 0 Å². The van der Waals surface area contributed by atoms with Gasteiger partial charge in [0.2, 0.25) is 10.0 Å². The van der Waals surface area contributed by atoms with Gasteiger partial charge in [-0.2, -0.15) is 4.31 Å². The predicted octanol–water partition coefficient (Wildman–Crippen LogP) is 3.50. The van der Waals surface area contributed by atoms with Crippen LogP contribution in [0.2, 0.25) is 0 Å². The number of amides is 1. The zero-order valence-electron chi connectivity index (χ0n) is 19.8. The van der Waals surface area contributed by atoms with Gasteiger partial charge >= 0.3 is 5.97 Å². The molecule has 3 unspecified atom stereocenters. The van der Waals surface area contributed by atoms with E-state index in [4.69, 9.17) is 9.47 Å². The third kappa shape index (κ3) is 6.26. The number of hydrogen-bond donors (Lipinski definition) is 1. The number of esters is 1. The molecule has 3 atom stereocenters. The number of ether oxygens (including phenoxy) is 2. The first-order valence-electron chi connectivity index (χ1n) is 11.9. The van der Waals surface area contributed by atoms with Gasteiger partial charge in [0, 0.05) is 19.1 Å². The number of hydrogen-bond acceptors (Lipinski definition) is 6. The third-order valence-corrected chi connectivity index (χ3v) is 8.59. The topological polar surface area (TPSA) is 102 Å². The Balaban J connectivity index is 1.73. The monoisotopic (exact) mass is 480 g/mol. The van der Waals surface area contributed by atoms with E-state index >= 15 is 0 Å². The van der Waals surface area contributed by atoms with Crippen LogP contribution in [0.4, 0.5) is 0 Å². The number of benzene rings is 1. The van der Waals surface area contributed by atoms with Gasteiger partial charge in [-0.25, -0.2) is 13.2 Å². The molecule has 2 fully saturated rings. The number of nitrogens with zero attached hydrogens (tertiary/aromatic N) is 1. The van der Waals surface area contributed by atoms with Crippen molar-refractivity contribution >= 4 is 21.9 Å². The summed E-state index contributed by atoms with van der Waals surface area (Å²) in [5.74, 6) is -0.524. The Morgan fingerprint density at radius 3 is 2.36 bits per heavy atom. The lowest BCUT2D eigenvalue weighted by atomic mass is 9.86. The molecule has 0 bridgehead atoms. The minimum Gasteiger partial charge on any atom is -0.495 e. The van der Waals surface area contributed by atoms with E-state index < -0.39 is 22.1 Å². The van der Waals surface area contributed by atoms with Crippen LogP contribution in [0.5, 0.6) is 5.75 Å². The van der Waals surface area contributed by atoms with Crippen molar-refractivity contribution in [3.63, 3.8) is 0 Å². The molecule has 0 spiro atoms. The van der Waals surface area contributed by atoms with Crippen LogP contribution >= 0.6 is 0 Å². The summed E-state index contributed by atoms with van der Waals surface area (Å²) in [6.07, 6.45) is 6.83. The van der Waals surface area contributed by atoms with E-state index in [1.54, 1.807) is 0 Å². The molecule has 1 aromatic carbocycles. The van der Waals surface area contributed by atoms with Crippen molar-refractivity contribution in [3.05, 3.63) is 23.8 Å². The van der Waals surface area contributed by atoms with E-state index in [0.717, 1.165) is 51.4 Å². The minimum atomic E-state index is -3.83. The number of methoxy groups -OCH3 is 1. The van der Waals surface area contributed by atoms with Crippen molar-refractivity contribution in [2.24, 2.45) is 5.92 Å². The molecular formula is C24H36N2O6S. The third-order valence-electron chi connectivity index (χ3n) is 6.67. The number of rotatable bonds is 7. The summed E-state index contributed by atoms with van der Waals surface area (Å²) >= 11 is 0. The molecule has 0 aromatic heterocycles. The lowest BCUT2D eigenvalue weighted by Gasteiger charge is -2.30. The lowest BCUT2D eigenvalue weighted by Crippen LogP contribution is -2.46. The van der Waals surface area contributed by atoms with E-state index in [2.05, 4.69) is 12.2 Å². The van der Waals surface area contributed by atoms with Crippen molar-refractivity contribution in [1.29, 1.82) is 0 Å². The Bertz CT molecular complexity index is 940. The van der Waals surface area contributed by atoms with Gasteiger partial charge < -0.3 is 14.8 Å². The molecule has 1 amide bonds. The highest BCUT2D eigenvalue weighted by molar-refractivity contribution is 7.89. The molecule has 2 aliphatic rings. The Hall–Kier alpha value is -2.13. The molecule has 1 saturated carbocycles. The molecule has 1 aliphatic carbocycles. The van der Waals surface area contributed by atoms with Gasteiger partial charge in [0.05, 0.1) is 12.7 Å². The van der Waals surface area contributed by atoms with Crippen molar-refractivity contribution < 1.29 is 27.5 Å². The highest BCUT2D eigenvalue weighted by Gasteiger charge is 2.30. The van der Waals surface area contributed by atoms with Gasteiger partial charge in [-0.3, -0.25) is 4.79 Å². The van der Waals surface area contributed by atoms with E-state index in [9.17, 15) is 18.0 Å². The normalized spacial score (nSPS) is 23.2. The Kier molecular flexibility index (Phi) is 8.75. The zero-order chi connectivity index (χ0) is 24.0. The first-order chi connectivity index (χ1) is 15.7. The highest BCUT2D eigenvalue weighted by Crippen LogP contribution is 2.30. The van der Waals surface area contributed by atoms with Crippen molar-refractivity contribution in [3.8, 4) is 5.75 Å². The quantitative estimate of drug-likeness (QED) is 0.600.